The molecular weight excluding hydrogens is 243 g/mol. The van der Waals surface area contributed by atoms with Crippen molar-refractivity contribution in [3.05, 3.63) is 59.3 Å². The summed E-state index contributed by atoms with van der Waals surface area (Å²) < 4.78 is 44.8. The summed E-state index contributed by atoms with van der Waals surface area (Å²) >= 11 is 0. The van der Waals surface area contributed by atoms with E-state index in [1.54, 1.807) is 19.2 Å². The quantitative estimate of drug-likeness (QED) is 0.849. The highest BCUT2D eigenvalue weighted by atomic mass is 19.2. The van der Waals surface area contributed by atoms with E-state index in [2.05, 4.69) is 5.32 Å². The number of furan rings is 1. The van der Waals surface area contributed by atoms with E-state index in [0.717, 1.165) is 6.07 Å². The van der Waals surface area contributed by atoms with Gasteiger partial charge in [0.25, 0.3) is 0 Å². The van der Waals surface area contributed by atoms with Crippen molar-refractivity contribution in [2.24, 2.45) is 0 Å². The Morgan fingerprint density at radius 2 is 1.94 bits per heavy atom. The van der Waals surface area contributed by atoms with E-state index in [1.807, 2.05) is 0 Å². The fraction of sp³-hybridized carbons (Fsp3) is 0.231. The third-order valence-corrected chi connectivity index (χ3v) is 2.77. The summed E-state index contributed by atoms with van der Waals surface area (Å²) in [5, 5.41) is 2.86. The highest BCUT2D eigenvalue weighted by Crippen LogP contribution is 2.24. The van der Waals surface area contributed by atoms with E-state index in [-0.39, 0.29) is 5.56 Å². The monoisotopic (exact) mass is 255 g/mol. The van der Waals surface area contributed by atoms with Gasteiger partial charge in [-0.3, -0.25) is 0 Å². The summed E-state index contributed by atoms with van der Waals surface area (Å²) in [7, 11) is 1.62. The predicted octanol–water partition coefficient (Wildman–Crippen LogP) is 3.20. The summed E-state index contributed by atoms with van der Waals surface area (Å²) in [5.74, 6) is -3.17. The van der Waals surface area contributed by atoms with Gasteiger partial charge in [-0.05, 0) is 25.2 Å². The van der Waals surface area contributed by atoms with E-state index in [4.69, 9.17) is 4.42 Å². The maximum Gasteiger partial charge on any atom is 0.194 e. The molecule has 1 unspecified atom stereocenters. The zero-order valence-corrected chi connectivity index (χ0v) is 9.71. The van der Waals surface area contributed by atoms with Gasteiger partial charge in [-0.25, -0.2) is 13.2 Å². The molecule has 1 aromatic heterocycles. The predicted molar refractivity (Wildman–Crippen MR) is 60.5 cm³/mol. The number of hydrogen-bond donors (Lipinski definition) is 1. The molecule has 0 radical (unpaired) electrons. The van der Waals surface area contributed by atoms with E-state index in [0.29, 0.717) is 12.2 Å². The lowest BCUT2D eigenvalue weighted by Crippen LogP contribution is -2.20. The first-order chi connectivity index (χ1) is 8.63. The van der Waals surface area contributed by atoms with Gasteiger partial charge in [-0.1, -0.05) is 6.07 Å². The van der Waals surface area contributed by atoms with E-state index in [1.165, 1.54) is 12.3 Å². The molecule has 0 saturated heterocycles. The van der Waals surface area contributed by atoms with Crippen molar-refractivity contribution >= 4 is 0 Å². The minimum atomic E-state index is -1.45. The van der Waals surface area contributed by atoms with Crippen LogP contribution >= 0.6 is 0 Å². The molecule has 1 heterocycles. The second kappa shape index (κ2) is 5.27. The van der Waals surface area contributed by atoms with Gasteiger partial charge in [0.15, 0.2) is 17.5 Å². The number of benzene rings is 1. The molecule has 0 saturated carbocycles. The van der Waals surface area contributed by atoms with Crippen molar-refractivity contribution in [1.29, 1.82) is 0 Å². The molecule has 0 aliphatic carbocycles. The summed E-state index contributed by atoms with van der Waals surface area (Å²) in [6.07, 6.45) is 1.86. The van der Waals surface area contributed by atoms with Crippen LogP contribution in [-0.4, -0.2) is 7.05 Å². The second-order valence-electron chi connectivity index (χ2n) is 3.89. The Hall–Kier alpha value is -1.75. The Bertz CT molecular complexity index is 525. The lowest BCUT2D eigenvalue weighted by Gasteiger charge is -2.16. The van der Waals surface area contributed by atoms with Crippen LogP contribution in [0.25, 0.3) is 0 Å². The molecule has 0 amide bonds. The fourth-order valence-electron chi connectivity index (χ4n) is 1.81. The van der Waals surface area contributed by atoms with E-state index >= 15 is 0 Å². The standard InChI is InChI=1S/C13H12F3NO/c1-17-11(7-8-3-2-6-18-8)9-4-5-10(14)13(16)12(9)15/h2-6,11,17H,7H2,1H3. The normalized spacial score (nSPS) is 12.7. The van der Waals surface area contributed by atoms with Crippen LogP contribution in [0.4, 0.5) is 13.2 Å². The minimum absolute atomic E-state index is 0.0767. The Kier molecular flexibility index (Phi) is 3.72. The molecular formula is C13H12F3NO. The topological polar surface area (TPSA) is 25.2 Å². The van der Waals surface area contributed by atoms with Crippen LogP contribution in [0, 0.1) is 17.5 Å². The van der Waals surface area contributed by atoms with Crippen molar-refractivity contribution < 1.29 is 17.6 Å². The third-order valence-electron chi connectivity index (χ3n) is 2.77. The molecule has 0 bridgehead atoms. The van der Waals surface area contributed by atoms with Crippen LogP contribution < -0.4 is 5.32 Å². The number of halogens is 3. The highest BCUT2D eigenvalue weighted by Gasteiger charge is 2.20. The maximum absolute atomic E-state index is 13.6. The first kappa shape index (κ1) is 12.7. The Morgan fingerprint density at radius 3 is 2.56 bits per heavy atom. The van der Waals surface area contributed by atoms with Crippen LogP contribution in [0.1, 0.15) is 17.4 Å². The van der Waals surface area contributed by atoms with Crippen molar-refractivity contribution in [3.8, 4) is 0 Å². The number of hydrogen-bond acceptors (Lipinski definition) is 2. The van der Waals surface area contributed by atoms with Crippen LogP contribution in [0.15, 0.2) is 34.9 Å². The second-order valence-corrected chi connectivity index (χ2v) is 3.89. The fourth-order valence-corrected chi connectivity index (χ4v) is 1.81. The Labute approximate surface area is 102 Å². The molecule has 96 valence electrons. The number of nitrogens with one attached hydrogen (secondary N) is 1. The van der Waals surface area contributed by atoms with Gasteiger partial charge >= 0.3 is 0 Å². The Morgan fingerprint density at radius 1 is 1.17 bits per heavy atom. The van der Waals surface area contributed by atoms with Gasteiger partial charge in [-0.15, -0.1) is 0 Å². The van der Waals surface area contributed by atoms with Gasteiger partial charge in [0.1, 0.15) is 5.76 Å². The lowest BCUT2D eigenvalue weighted by atomic mass is 10.0. The summed E-state index contributed by atoms with van der Waals surface area (Å²) in [6.45, 7) is 0. The molecule has 1 aromatic carbocycles. The third kappa shape index (κ3) is 2.41. The molecule has 18 heavy (non-hydrogen) atoms. The van der Waals surface area contributed by atoms with Crippen molar-refractivity contribution in [2.45, 2.75) is 12.5 Å². The molecule has 0 fully saturated rings. The van der Waals surface area contributed by atoms with Crippen LogP contribution in [0.2, 0.25) is 0 Å². The van der Waals surface area contributed by atoms with Gasteiger partial charge in [0, 0.05) is 18.0 Å². The van der Waals surface area contributed by atoms with Gasteiger partial charge in [0.2, 0.25) is 0 Å². The van der Waals surface area contributed by atoms with Gasteiger partial charge < -0.3 is 9.73 Å². The summed E-state index contributed by atoms with van der Waals surface area (Å²) in [5.41, 5.74) is 0.0767. The largest absolute Gasteiger partial charge is 0.469 e. The highest BCUT2D eigenvalue weighted by molar-refractivity contribution is 5.24. The molecule has 5 heteroatoms. The summed E-state index contributed by atoms with van der Waals surface area (Å²) in [6, 6.07) is 5.12. The molecule has 0 aliphatic rings. The van der Waals surface area contributed by atoms with Gasteiger partial charge in [-0.2, -0.15) is 0 Å². The molecule has 0 aliphatic heterocycles. The molecule has 0 spiro atoms. The molecule has 2 rings (SSSR count). The van der Waals surface area contributed by atoms with E-state index in [9.17, 15) is 13.2 Å². The van der Waals surface area contributed by atoms with Crippen LogP contribution in [-0.2, 0) is 6.42 Å². The van der Waals surface area contributed by atoms with Gasteiger partial charge in [0.05, 0.1) is 6.26 Å². The summed E-state index contributed by atoms with van der Waals surface area (Å²) in [4.78, 5) is 0. The smallest absolute Gasteiger partial charge is 0.194 e. The number of rotatable bonds is 4. The molecule has 2 nitrogen and oxygen atoms in total. The van der Waals surface area contributed by atoms with E-state index < -0.39 is 23.5 Å². The first-order valence-electron chi connectivity index (χ1n) is 5.46. The average Bonchev–Trinajstić information content (AvgIpc) is 2.87. The Balaban J connectivity index is 2.30. The van der Waals surface area contributed by atoms with Crippen molar-refractivity contribution in [2.75, 3.05) is 7.05 Å². The zero-order chi connectivity index (χ0) is 13.1. The minimum Gasteiger partial charge on any atom is -0.469 e. The SMILES string of the molecule is CNC(Cc1ccco1)c1ccc(F)c(F)c1F. The first-order valence-corrected chi connectivity index (χ1v) is 5.46. The van der Waals surface area contributed by atoms with Crippen LogP contribution in [0.5, 0.6) is 0 Å². The van der Waals surface area contributed by atoms with Crippen molar-refractivity contribution in [3.63, 3.8) is 0 Å². The number of likely N-dealkylation sites (N-methyl/N-ethyl adjacent to an activating group) is 1. The van der Waals surface area contributed by atoms with Crippen LogP contribution in [0.3, 0.4) is 0 Å². The van der Waals surface area contributed by atoms with Crippen molar-refractivity contribution in [1.82, 2.24) is 5.32 Å². The average molecular weight is 255 g/mol. The maximum atomic E-state index is 13.6. The molecule has 2 aromatic rings. The lowest BCUT2D eigenvalue weighted by molar-refractivity contribution is 0.417. The molecule has 1 atom stereocenters. The molecule has 1 N–H and O–H groups in total. The zero-order valence-electron chi connectivity index (χ0n) is 9.71.